The van der Waals surface area contributed by atoms with Gasteiger partial charge in [0.2, 0.25) is 0 Å². The van der Waals surface area contributed by atoms with Crippen LogP contribution in [0, 0.1) is 0 Å². The highest BCUT2D eigenvalue weighted by atomic mass is 32.2. The first-order chi connectivity index (χ1) is 10.0. The van der Waals surface area contributed by atoms with Crippen molar-refractivity contribution in [3.63, 3.8) is 0 Å². The van der Waals surface area contributed by atoms with Crippen molar-refractivity contribution in [2.75, 3.05) is 7.11 Å². The van der Waals surface area contributed by atoms with E-state index >= 15 is 0 Å². The molecule has 0 spiro atoms. The zero-order valence-electron chi connectivity index (χ0n) is 12.0. The molecule has 2 aromatic rings. The number of hydrogen-bond donors (Lipinski definition) is 1. The molecule has 0 saturated heterocycles. The lowest BCUT2D eigenvalue weighted by Gasteiger charge is -2.09. The first-order valence-electron chi connectivity index (χ1n) is 6.43. The maximum absolute atomic E-state index is 11.4. The molecule has 6 heteroatoms. The van der Waals surface area contributed by atoms with Gasteiger partial charge < -0.3 is 9.84 Å². The Morgan fingerprint density at radius 2 is 1.95 bits per heavy atom. The van der Waals surface area contributed by atoms with E-state index in [9.17, 15) is 9.90 Å². The monoisotopic (exact) mass is 304 g/mol. The molecule has 0 aliphatic carbocycles. The molecule has 5 nitrogen and oxygen atoms in total. The molecule has 1 aromatic carbocycles. The van der Waals surface area contributed by atoms with E-state index in [1.807, 2.05) is 38.1 Å². The van der Waals surface area contributed by atoms with Crippen molar-refractivity contribution in [1.82, 2.24) is 9.97 Å². The Balaban J connectivity index is 2.31. The number of aromatic nitrogens is 2. The average Bonchev–Trinajstić information content (AvgIpc) is 2.48. The summed E-state index contributed by atoms with van der Waals surface area (Å²) in [6.07, 6.45) is 1.57. The van der Waals surface area contributed by atoms with Gasteiger partial charge >= 0.3 is 5.97 Å². The molecule has 0 atom stereocenters. The molecular formula is C15H16N2O3S. The van der Waals surface area contributed by atoms with E-state index in [4.69, 9.17) is 4.74 Å². The number of ether oxygens (including phenoxy) is 1. The van der Waals surface area contributed by atoms with Crippen molar-refractivity contribution in [3.05, 3.63) is 42.0 Å². The largest absolute Gasteiger partial charge is 0.497 e. The average molecular weight is 304 g/mol. The molecule has 0 unspecified atom stereocenters. The fourth-order valence-corrected chi connectivity index (χ4v) is 2.52. The van der Waals surface area contributed by atoms with Gasteiger partial charge in [-0.15, -0.1) is 0 Å². The summed E-state index contributed by atoms with van der Waals surface area (Å²) in [5.41, 5.74) is 0.0366. The van der Waals surface area contributed by atoms with Crippen LogP contribution in [0.15, 0.2) is 40.3 Å². The lowest BCUT2D eigenvalue weighted by Crippen LogP contribution is -2.08. The maximum Gasteiger partial charge on any atom is 0.355 e. The van der Waals surface area contributed by atoms with Gasteiger partial charge in [-0.05, 0) is 24.3 Å². The van der Waals surface area contributed by atoms with E-state index in [-0.39, 0.29) is 11.6 Å². The fourth-order valence-electron chi connectivity index (χ4n) is 1.66. The molecule has 0 aliphatic rings. The quantitative estimate of drug-likeness (QED) is 0.912. The fraction of sp³-hybridized carbons (Fsp3) is 0.267. The Hall–Kier alpha value is -2.08. The van der Waals surface area contributed by atoms with Gasteiger partial charge in [0.1, 0.15) is 11.6 Å². The predicted molar refractivity (Wildman–Crippen MR) is 80.2 cm³/mol. The molecule has 0 fully saturated rings. The summed E-state index contributed by atoms with van der Waals surface area (Å²) in [5, 5.41) is 9.31. The minimum Gasteiger partial charge on any atom is -0.497 e. The molecule has 0 bridgehead atoms. The van der Waals surface area contributed by atoms with Crippen molar-refractivity contribution in [3.8, 4) is 5.75 Å². The first-order valence-corrected chi connectivity index (χ1v) is 7.25. The van der Waals surface area contributed by atoms with Gasteiger partial charge in [0.15, 0.2) is 5.69 Å². The molecule has 21 heavy (non-hydrogen) atoms. The Morgan fingerprint density at radius 3 is 2.48 bits per heavy atom. The molecule has 0 radical (unpaired) electrons. The van der Waals surface area contributed by atoms with Crippen LogP contribution in [0.3, 0.4) is 0 Å². The summed E-state index contributed by atoms with van der Waals surface area (Å²) >= 11 is 1.32. The van der Waals surface area contributed by atoms with Gasteiger partial charge in [0.25, 0.3) is 0 Å². The first kappa shape index (κ1) is 15.3. The van der Waals surface area contributed by atoms with Crippen molar-refractivity contribution >= 4 is 17.7 Å². The number of hydrogen-bond acceptors (Lipinski definition) is 5. The van der Waals surface area contributed by atoms with Crippen LogP contribution in [0.25, 0.3) is 0 Å². The molecular weight excluding hydrogens is 288 g/mol. The van der Waals surface area contributed by atoms with Crippen LogP contribution in [0.5, 0.6) is 5.75 Å². The van der Waals surface area contributed by atoms with Crippen molar-refractivity contribution in [2.45, 2.75) is 29.6 Å². The van der Waals surface area contributed by atoms with Crippen molar-refractivity contribution < 1.29 is 14.6 Å². The third kappa shape index (κ3) is 3.72. The summed E-state index contributed by atoms with van der Waals surface area (Å²) in [7, 11) is 1.60. The highest BCUT2D eigenvalue weighted by Crippen LogP contribution is 2.31. The van der Waals surface area contributed by atoms with Crippen LogP contribution in [0.1, 0.15) is 36.1 Å². The van der Waals surface area contributed by atoms with Gasteiger partial charge in [-0.25, -0.2) is 14.8 Å². The van der Waals surface area contributed by atoms with Crippen LogP contribution >= 0.6 is 11.8 Å². The van der Waals surface area contributed by atoms with Crippen LogP contribution < -0.4 is 4.74 Å². The molecule has 1 N–H and O–H groups in total. The summed E-state index contributed by atoms with van der Waals surface area (Å²) in [6, 6.07) is 7.38. The van der Waals surface area contributed by atoms with Crippen molar-refractivity contribution in [1.29, 1.82) is 0 Å². The Labute approximate surface area is 127 Å². The van der Waals surface area contributed by atoms with Crippen LogP contribution in [0.4, 0.5) is 0 Å². The second-order valence-electron chi connectivity index (χ2n) is 4.68. The third-order valence-electron chi connectivity index (χ3n) is 2.78. The number of benzene rings is 1. The highest BCUT2D eigenvalue weighted by molar-refractivity contribution is 7.99. The predicted octanol–water partition coefficient (Wildman–Crippen LogP) is 3.46. The Kier molecular flexibility index (Phi) is 4.80. The number of carboxylic acid groups (broad SMARTS) is 1. The van der Waals surface area contributed by atoms with E-state index in [1.54, 1.807) is 13.3 Å². The number of rotatable bonds is 5. The number of aromatic carboxylic acids is 1. The Bertz CT molecular complexity index is 642. The molecule has 110 valence electrons. The zero-order valence-corrected chi connectivity index (χ0v) is 12.8. The van der Waals surface area contributed by atoms with E-state index in [0.29, 0.717) is 10.7 Å². The highest BCUT2D eigenvalue weighted by Gasteiger charge is 2.16. The minimum atomic E-state index is -1.05. The minimum absolute atomic E-state index is 0.0366. The summed E-state index contributed by atoms with van der Waals surface area (Å²) in [6.45, 7) is 3.86. The third-order valence-corrected chi connectivity index (χ3v) is 3.81. The van der Waals surface area contributed by atoms with Crippen molar-refractivity contribution in [2.24, 2.45) is 0 Å². The molecule has 1 heterocycles. The van der Waals surface area contributed by atoms with Crippen LogP contribution in [-0.2, 0) is 0 Å². The van der Waals surface area contributed by atoms with E-state index in [1.165, 1.54) is 11.8 Å². The zero-order chi connectivity index (χ0) is 15.4. The van der Waals surface area contributed by atoms with Gasteiger partial charge in [-0.1, -0.05) is 25.6 Å². The SMILES string of the molecule is COc1ccc(Sc2cnc(C(C)C)nc2C(=O)O)cc1. The normalized spacial score (nSPS) is 10.7. The lowest BCUT2D eigenvalue weighted by molar-refractivity contribution is 0.0685. The molecule has 0 saturated carbocycles. The van der Waals surface area contributed by atoms with Crippen LogP contribution in [0.2, 0.25) is 0 Å². The number of methoxy groups -OCH3 is 1. The van der Waals surface area contributed by atoms with Gasteiger partial charge in [0.05, 0.1) is 12.0 Å². The smallest absolute Gasteiger partial charge is 0.355 e. The van der Waals surface area contributed by atoms with E-state index < -0.39 is 5.97 Å². The molecule has 2 rings (SSSR count). The lowest BCUT2D eigenvalue weighted by atomic mass is 10.2. The second kappa shape index (κ2) is 6.58. The molecule has 1 aromatic heterocycles. The standard InChI is InChI=1S/C15H16N2O3S/c1-9(2)14-16-8-12(13(17-14)15(18)19)21-11-6-4-10(20-3)5-7-11/h4-9H,1-3H3,(H,18,19). The summed E-state index contributed by atoms with van der Waals surface area (Å²) in [5.74, 6) is 0.328. The number of carbonyl (C=O) groups is 1. The van der Waals surface area contributed by atoms with E-state index in [0.717, 1.165) is 10.6 Å². The molecule has 0 aliphatic heterocycles. The number of carboxylic acids is 1. The van der Waals surface area contributed by atoms with Crippen LogP contribution in [-0.4, -0.2) is 28.2 Å². The maximum atomic E-state index is 11.4. The van der Waals surface area contributed by atoms with Gasteiger partial charge in [-0.3, -0.25) is 0 Å². The summed E-state index contributed by atoms with van der Waals surface area (Å²) < 4.78 is 5.10. The summed E-state index contributed by atoms with van der Waals surface area (Å²) in [4.78, 5) is 21.2. The van der Waals surface area contributed by atoms with Gasteiger partial charge in [0, 0.05) is 17.0 Å². The van der Waals surface area contributed by atoms with Gasteiger partial charge in [-0.2, -0.15) is 0 Å². The number of nitrogens with zero attached hydrogens (tertiary/aromatic N) is 2. The topological polar surface area (TPSA) is 72.3 Å². The van der Waals surface area contributed by atoms with E-state index in [2.05, 4.69) is 9.97 Å². The molecule has 0 amide bonds. The second-order valence-corrected chi connectivity index (χ2v) is 5.79. The Morgan fingerprint density at radius 1 is 1.29 bits per heavy atom.